The van der Waals surface area contributed by atoms with Gasteiger partial charge in [-0.25, -0.2) is 13.6 Å². The summed E-state index contributed by atoms with van der Waals surface area (Å²) in [6.07, 6.45) is 0. The molecule has 0 unspecified atom stereocenters. The Hall–Kier alpha value is -0.630. The quantitative estimate of drug-likeness (QED) is 0.898. The Labute approximate surface area is 119 Å². The molecule has 2 N–H and O–H groups in total. The van der Waals surface area contributed by atoms with Crippen molar-refractivity contribution in [2.75, 3.05) is 13.6 Å². The lowest BCUT2D eigenvalue weighted by Gasteiger charge is -2.16. The highest BCUT2D eigenvalue weighted by Crippen LogP contribution is 2.29. The number of carbonyl (C=O) groups is 1. The molecule has 0 aliphatic carbocycles. The van der Waals surface area contributed by atoms with Crippen LogP contribution in [0.1, 0.15) is 17.3 Å². The van der Waals surface area contributed by atoms with Crippen LogP contribution in [0.2, 0.25) is 5.02 Å². The van der Waals surface area contributed by atoms with Gasteiger partial charge in [0.05, 0.1) is 10.6 Å². The molecule has 0 saturated heterocycles. The highest BCUT2D eigenvalue weighted by atomic mass is 79.9. The fraction of sp³-hybridized carbons (Fsp3) is 0.300. The predicted octanol–water partition coefficient (Wildman–Crippen LogP) is 1.84. The Morgan fingerprint density at radius 1 is 1.50 bits per heavy atom. The molecule has 1 aromatic carbocycles. The number of sulfonamides is 1. The largest absolute Gasteiger partial charge is 0.342 e. The molecule has 5 nitrogen and oxygen atoms in total. The van der Waals surface area contributed by atoms with Crippen molar-refractivity contribution in [2.24, 2.45) is 5.14 Å². The second kappa shape index (κ2) is 5.56. The van der Waals surface area contributed by atoms with Gasteiger partial charge in [0.15, 0.2) is 0 Å². The van der Waals surface area contributed by atoms with Crippen molar-refractivity contribution < 1.29 is 13.2 Å². The third-order valence-corrected chi connectivity index (χ3v) is 4.27. The summed E-state index contributed by atoms with van der Waals surface area (Å²) < 4.78 is 23.2. The molecule has 0 aliphatic heterocycles. The Morgan fingerprint density at radius 3 is 2.50 bits per heavy atom. The molecule has 0 heterocycles. The third-order valence-electron chi connectivity index (χ3n) is 2.36. The number of nitrogens with two attached hydrogens (primary N) is 1. The molecule has 0 aliphatic rings. The van der Waals surface area contributed by atoms with Crippen LogP contribution in [0.25, 0.3) is 0 Å². The summed E-state index contributed by atoms with van der Waals surface area (Å²) in [5.41, 5.74) is 0.0967. The topological polar surface area (TPSA) is 80.5 Å². The van der Waals surface area contributed by atoms with E-state index in [2.05, 4.69) is 15.9 Å². The summed E-state index contributed by atoms with van der Waals surface area (Å²) in [4.78, 5) is 13.2. The molecule has 0 fully saturated rings. The minimum atomic E-state index is -3.98. The van der Waals surface area contributed by atoms with Gasteiger partial charge in [0.1, 0.15) is 4.90 Å². The van der Waals surface area contributed by atoms with E-state index in [0.717, 1.165) is 0 Å². The van der Waals surface area contributed by atoms with E-state index in [1.165, 1.54) is 17.0 Å². The third kappa shape index (κ3) is 3.23. The van der Waals surface area contributed by atoms with E-state index in [1.54, 1.807) is 14.0 Å². The molecule has 0 spiro atoms. The van der Waals surface area contributed by atoms with Crippen molar-refractivity contribution in [3.8, 4) is 0 Å². The summed E-state index contributed by atoms with van der Waals surface area (Å²) >= 11 is 9.06. The van der Waals surface area contributed by atoms with Crippen molar-refractivity contribution in [3.05, 3.63) is 27.2 Å². The molecule has 1 aromatic rings. The summed E-state index contributed by atoms with van der Waals surface area (Å²) in [6, 6.07) is 2.73. The molecule has 0 saturated carbocycles. The molecule has 0 aromatic heterocycles. The maximum absolute atomic E-state index is 12.0. The van der Waals surface area contributed by atoms with Crippen molar-refractivity contribution in [3.63, 3.8) is 0 Å². The van der Waals surface area contributed by atoms with Crippen LogP contribution in [0.15, 0.2) is 21.5 Å². The number of hydrogen-bond donors (Lipinski definition) is 1. The predicted molar refractivity (Wildman–Crippen MR) is 73.2 cm³/mol. The number of hydrogen-bond acceptors (Lipinski definition) is 3. The first-order chi connectivity index (χ1) is 8.18. The van der Waals surface area contributed by atoms with Gasteiger partial charge in [-0.15, -0.1) is 0 Å². The van der Waals surface area contributed by atoms with Crippen LogP contribution in [-0.4, -0.2) is 32.8 Å². The Bertz CT molecular complexity index is 589. The van der Waals surface area contributed by atoms with Gasteiger partial charge in [0, 0.05) is 18.1 Å². The van der Waals surface area contributed by atoms with Crippen LogP contribution in [0.3, 0.4) is 0 Å². The van der Waals surface area contributed by atoms with Crippen LogP contribution in [0.5, 0.6) is 0 Å². The lowest BCUT2D eigenvalue weighted by Crippen LogP contribution is -2.27. The van der Waals surface area contributed by atoms with Gasteiger partial charge >= 0.3 is 0 Å². The number of amides is 1. The standard InChI is InChI=1S/C10H12BrClN2O3S/c1-3-14(2)10(15)7-4-6(11)5-8(9(7)12)18(13,16)17/h4-5H,3H2,1-2H3,(H2,13,16,17). The minimum absolute atomic E-state index is 0.0967. The average molecular weight is 356 g/mol. The van der Waals surface area contributed by atoms with E-state index in [4.69, 9.17) is 16.7 Å². The maximum atomic E-state index is 12.0. The number of halogens is 2. The highest BCUT2D eigenvalue weighted by molar-refractivity contribution is 9.10. The first-order valence-electron chi connectivity index (χ1n) is 4.95. The first kappa shape index (κ1) is 15.4. The molecular formula is C10H12BrClN2O3S. The number of carbonyl (C=O) groups excluding carboxylic acids is 1. The molecular weight excluding hydrogens is 344 g/mol. The zero-order chi connectivity index (χ0) is 14.1. The highest BCUT2D eigenvalue weighted by Gasteiger charge is 2.22. The van der Waals surface area contributed by atoms with E-state index in [-0.39, 0.29) is 21.4 Å². The molecule has 18 heavy (non-hydrogen) atoms. The molecule has 100 valence electrons. The second-order valence-electron chi connectivity index (χ2n) is 3.63. The van der Waals surface area contributed by atoms with Gasteiger partial charge in [0.2, 0.25) is 10.0 Å². The van der Waals surface area contributed by atoms with Gasteiger partial charge in [-0.1, -0.05) is 27.5 Å². The molecule has 0 radical (unpaired) electrons. The smallest absolute Gasteiger partial charge is 0.255 e. The van der Waals surface area contributed by atoms with Crippen LogP contribution in [-0.2, 0) is 10.0 Å². The van der Waals surface area contributed by atoms with Gasteiger partial charge in [-0.2, -0.15) is 0 Å². The summed E-state index contributed by atoms with van der Waals surface area (Å²) in [7, 11) is -2.38. The van der Waals surface area contributed by atoms with E-state index >= 15 is 0 Å². The second-order valence-corrected chi connectivity index (χ2v) is 6.45. The minimum Gasteiger partial charge on any atom is -0.342 e. The van der Waals surface area contributed by atoms with Crippen LogP contribution in [0.4, 0.5) is 0 Å². The number of primary sulfonamides is 1. The lowest BCUT2D eigenvalue weighted by atomic mass is 10.2. The van der Waals surface area contributed by atoms with Crippen molar-refractivity contribution in [2.45, 2.75) is 11.8 Å². The number of rotatable bonds is 3. The number of nitrogens with zero attached hydrogens (tertiary/aromatic N) is 1. The first-order valence-corrected chi connectivity index (χ1v) is 7.67. The summed E-state index contributed by atoms with van der Waals surface area (Å²) in [6.45, 7) is 2.27. The monoisotopic (exact) mass is 354 g/mol. The zero-order valence-electron chi connectivity index (χ0n) is 9.78. The number of benzene rings is 1. The van der Waals surface area contributed by atoms with E-state index in [0.29, 0.717) is 11.0 Å². The molecule has 8 heteroatoms. The van der Waals surface area contributed by atoms with E-state index < -0.39 is 10.0 Å². The summed E-state index contributed by atoms with van der Waals surface area (Å²) in [5.74, 6) is -0.367. The SMILES string of the molecule is CCN(C)C(=O)c1cc(Br)cc(S(N)(=O)=O)c1Cl. The fourth-order valence-electron chi connectivity index (χ4n) is 1.28. The normalized spacial score (nSPS) is 11.4. The lowest BCUT2D eigenvalue weighted by molar-refractivity contribution is 0.0802. The average Bonchev–Trinajstić information content (AvgIpc) is 2.28. The van der Waals surface area contributed by atoms with Gasteiger partial charge in [0.25, 0.3) is 5.91 Å². The molecule has 0 bridgehead atoms. The maximum Gasteiger partial charge on any atom is 0.255 e. The molecule has 0 atom stereocenters. The van der Waals surface area contributed by atoms with Gasteiger partial charge in [-0.05, 0) is 19.1 Å². The van der Waals surface area contributed by atoms with Gasteiger partial charge in [-0.3, -0.25) is 4.79 Å². The Kier molecular flexibility index (Phi) is 4.77. The van der Waals surface area contributed by atoms with E-state index in [9.17, 15) is 13.2 Å². The van der Waals surface area contributed by atoms with Gasteiger partial charge < -0.3 is 4.90 Å². The van der Waals surface area contributed by atoms with Crippen LogP contribution >= 0.6 is 27.5 Å². The Balaban J connectivity index is 3.48. The van der Waals surface area contributed by atoms with Crippen molar-refractivity contribution >= 4 is 43.5 Å². The van der Waals surface area contributed by atoms with Crippen LogP contribution < -0.4 is 5.14 Å². The Morgan fingerprint density at radius 2 is 2.06 bits per heavy atom. The van der Waals surface area contributed by atoms with E-state index in [1.807, 2.05) is 0 Å². The zero-order valence-corrected chi connectivity index (χ0v) is 12.9. The van der Waals surface area contributed by atoms with Crippen LogP contribution in [0, 0.1) is 0 Å². The molecule has 1 amide bonds. The summed E-state index contributed by atoms with van der Waals surface area (Å²) in [5, 5.41) is 4.89. The van der Waals surface area contributed by atoms with Crippen molar-refractivity contribution in [1.82, 2.24) is 4.90 Å². The molecule has 1 rings (SSSR count). The van der Waals surface area contributed by atoms with Crippen molar-refractivity contribution in [1.29, 1.82) is 0 Å². The fourth-order valence-corrected chi connectivity index (χ4v) is 3.05.